The largest absolute Gasteiger partial charge is 0.432 e. The lowest BCUT2D eigenvalue weighted by Gasteiger charge is -2.37. The number of hydrogen-bond donors (Lipinski definition) is 3. The first-order chi connectivity index (χ1) is 26.3. The number of fused-ring (bicyclic) bond motifs is 1. The first kappa shape index (κ1) is 38.6. The van der Waals surface area contributed by atoms with Crippen LogP contribution in [-0.2, 0) is 29.2 Å². The third-order valence-electron chi connectivity index (χ3n) is 10.4. The molecule has 2 atom stereocenters. The number of aryl methyl sites for hydroxylation is 1. The van der Waals surface area contributed by atoms with E-state index in [0.29, 0.717) is 54.7 Å². The molecule has 7 rings (SSSR count). The second kappa shape index (κ2) is 16.2. The van der Waals surface area contributed by atoms with Crippen molar-refractivity contribution >= 4 is 45.6 Å². The molecule has 3 saturated heterocycles. The van der Waals surface area contributed by atoms with Gasteiger partial charge in [0.25, 0.3) is 0 Å². The van der Waals surface area contributed by atoms with Crippen LogP contribution in [0.15, 0.2) is 53.7 Å². The number of likely N-dealkylation sites (tertiary alicyclic amines) is 1. The molecule has 0 bridgehead atoms. The van der Waals surface area contributed by atoms with E-state index in [4.69, 9.17) is 0 Å². The SMILES string of the molecule is Cn1nc(N2CCC(=O)NC2=O)c2ccc(C3CCN(CC(C)(O)Cc4cc(F)cc(S(=O)N5CCC(Nc6ncc(OC(F)F)cn6)CC5)c4)CC3)cc21. The summed E-state index contributed by atoms with van der Waals surface area (Å²) in [4.78, 5) is 36.2. The minimum Gasteiger partial charge on any atom is -0.432 e. The maximum atomic E-state index is 14.9. The fraction of sp³-hybridized carbons (Fsp3) is 0.486. The van der Waals surface area contributed by atoms with Gasteiger partial charge in [0.1, 0.15) is 16.8 Å². The van der Waals surface area contributed by atoms with Gasteiger partial charge in [0.2, 0.25) is 11.9 Å². The van der Waals surface area contributed by atoms with E-state index in [-0.39, 0.29) is 43.0 Å². The molecular formula is C37H44F3N9O5S. The quantitative estimate of drug-likeness (QED) is 0.189. The van der Waals surface area contributed by atoms with E-state index in [0.717, 1.165) is 36.8 Å². The molecule has 3 N–H and O–H groups in total. The Morgan fingerprint density at radius 2 is 1.76 bits per heavy atom. The molecule has 18 heteroatoms. The maximum Gasteiger partial charge on any atom is 0.387 e. The molecule has 5 heterocycles. The molecule has 2 aromatic heterocycles. The Labute approximate surface area is 318 Å². The number of nitrogens with one attached hydrogen (secondary N) is 2. The highest BCUT2D eigenvalue weighted by molar-refractivity contribution is 7.82. The van der Waals surface area contributed by atoms with E-state index in [2.05, 4.69) is 47.5 Å². The Morgan fingerprint density at radius 3 is 2.45 bits per heavy atom. The van der Waals surface area contributed by atoms with Gasteiger partial charge in [-0.15, -0.1) is 0 Å². The van der Waals surface area contributed by atoms with Crippen LogP contribution in [0.25, 0.3) is 10.9 Å². The first-order valence-corrected chi connectivity index (χ1v) is 19.4. The number of alkyl halides is 2. The van der Waals surface area contributed by atoms with Gasteiger partial charge in [0.05, 0.1) is 28.4 Å². The molecule has 0 radical (unpaired) electrons. The highest BCUT2D eigenvalue weighted by Gasteiger charge is 2.31. The van der Waals surface area contributed by atoms with Crippen molar-refractivity contribution in [3.8, 4) is 5.75 Å². The maximum absolute atomic E-state index is 14.9. The average Bonchev–Trinajstić information content (AvgIpc) is 3.47. The number of carbonyl (C=O) groups is 2. The summed E-state index contributed by atoms with van der Waals surface area (Å²) >= 11 is 0. The molecule has 0 saturated carbocycles. The molecule has 2 aromatic carbocycles. The number of aliphatic hydroxyl groups is 1. The van der Waals surface area contributed by atoms with Gasteiger partial charge in [-0.2, -0.15) is 13.9 Å². The van der Waals surface area contributed by atoms with E-state index >= 15 is 0 Å². The van der Waals surface area contributed by atoms with Gasteiger partial charge in [-0.3, -0.25) is 19.7 Å². The molecule has 14 nitrogen and oxygen atoms in total. The summed E-state index contributed by atoms with van der Waals surface area (Å²) in [6.45, 7) is 1.93. The molecule has 3 fully saturated rings. The fourth-order valence-electron chi connectivity index (χ4n) is 7.75. The first-order valence-electron chi connectivity index (χ1n) is 18.3. The normalized spacial score (nSPS) is 19.8. The number of benzene rings is 2. The van der Waals surface area contributed by atoms with Gasteiger partial charge >= 0.3 is 12.6 Å². The minimum absolute atomic E-state index is 0.0264. The molecule has 2 unspecified atom stereocenters. The Balaban J connectivity index is 0.907. The summed E-state index contributed by atoms with van der Waals surface area (Å²) in [7, 11) is 0.227. The predicted octanol–water partition coefficient (Wildman–Crippen LogP) is 4.32. The Kier molecular flexibility index (Phi) is 11.4. The lowest BCUT2D eigenvalue weighted by atomic mass is 9.88. The lowest BCUT2D eigenvalue weighted by molar-refractivity contribution is -0.120. The van der Waals surface area contributed by atoms with Gasteiger partial charge in [-0.25, -0.2) is 27.7 Å². The molecule has 3 aliphatic heterocycles. The summed E-state index contributed by atoms with van der Waals surface area (Å²) < 4.78 is 61.1. The summed E-state index contributed by atoms with van der Waals surface area (Å²) in [5, 5.41) is 22.5. The van der Waals surface area contributed by atoms with Crippen LogP contribution >= 0.6 is 0 Å². The van der Waals surface area contributed by atoms with E-state index < -0.39 is 35.0 Å². The second-order valence-electron chi connectivity index (χ2n) is 14.7. The van der Waals surface area contributed by atoms with Crippen LogP contribution in [0.1, 0.15) is 56.1 Å². The van der Waals surface area contributed by atoms with Crippen molar-refractivity contribution < 1.29 is 36.8 Å². The molecule has 3 amide bonds. The van der Waals surface area contributed by atoms with E-state index in [1.54, 1.807) is 22.0 Å². The van der Waals surface area contributed by atoms with E-state index in [9.17, 15) is 32.1 Å². The molecule has 0 spiro atoms. The number of carbonyl (C=O) groups excluding carboxylic acids is 2. The van der Waals surface area contributed by atoms with Crippen LogP contribution in [0.2, 0.25) is 0 Å². The van der Waals surface area contributed by atoms with Crippen molar-refractivity contribution in [2.75, 3.05) is 49.5 Å². The number of anilines is 2. The number of imide groups is 1. The number of piperidine rings is 2. The van der Waals surface area contributed by atoms with Crippen molar-refractivity contribution in [1.29, 1.82) is 0 Å². The molecule has 4 aromatic rings. The number of urea groups is 1. The number of rotatable bonds is 12. The number of halogens is 3. The number of aromatic nitrogens is 4. The fourth-order valence-corrected chi connectivity index (χ4v) is 9.06. The van der Waals surface area contributed by atoms with Gasteiger partial charge in [0.15, 0.2) is 11.6 Å². The molecule has 294 valence electrons. The van der Waals surface area contributed by atoms with Crippen LogP contribution in [0.5, 0.6) is 5.75 Å². The van der Waals surface area contributed by atoms with Gasteiger partial charge in [0, 0.05) is 57.5 Å². The Bertz CT molecular complexity index is 2050. The van der Waals surface area contributed by atoms with E-state index in [1.807, 2.05) is 13.1 Å². The van der Waals surface area contributed by atoms with Crippen molar-refractivity contribution in [2.24, 2.45) is 7.05 Å². The zero-order chi connectivity index (χ0) is 38.9. The highest BCUT2D eigenvalue weighted by atomic mass is 32.2. The predicted molar refractivity (Wildman–Crippen MR) is 199 cm³/mol. The van der Waals surface area contributed by atoms with Crippen molar-refractivity contribution in [3.05, 3.63) is 65.7 Å². The van der Waals surface area contributed by atoms with Gasteiger partial charge in [-0.1, -0.05) is 6.07 Å². The van der Waals surface area contributed by atoms with Gasteiger partial charge in [-0.05, 0) is 93.1 Å². The standard InChI is InChI=1S/C37H44F3N9O5S/c1-37(52,22-47-10-5-24(6-11-47)25-3-4-30-31(17-25)46(2)45-33(30)49-14-9-32(50)44-36(49)51)19-23-15-26(38)18-29(16-23)55(53)48-12-7-27(8-13-48)43-35-41-20-28(21-42-35)54-34(39)40/h3-4,15-18,20-21,24,27,34,52H,5-14,19,22H2,1-2H3,(H,41,42,43)(H,44,50,51). The van der Waals surface area contributed by atoms with E-state index in [1.165, 1.54) is 35.0 Å². The number of β-amino-alcohol motifs (C(OH)–C–C–N with tert-alkyl or cyclic N) is 1. The Hall–Kier alpha value is -4.65. The average molecular weight is 784 g/mol. The summed E-state index contributed by atoms with van der Waals surface area (Å²) in [5.41, 5.74) is 1.48. The van der Waals surface area contributed by atoms with Crippen molar-refractivity contribution in [1.82, 2.24) is 34.3 Å². The minimum atomic E-state index is -2.96. The third kappa shape index (κ3) is 9.25. The zero-order valence-electron chi connectivity index (χ0n) is 30.6. The molecular weight excluding hydrogens is 740 g/mol. The smallest absolute Gasteiger partial charge is 0.387 e. The lowest BCUT2D eigenvalue weighted by Crippen LogP contribution is -2.49. The molecule has 3 aliphatic rings. The van der Waals surface area contributed by atoms with Crippen molar-refractivity contribution in [2.45, 2.75) is 74.5 Å². The molecule has 55 heavy (non-hydrogen) atoms. The Morgan fingerprint density at radius 1 is 1.04 bits per heavy atom. The number of nitrogens with zero attached hydrogens (tertiary/aromatic N) is 7. The van der Waals surface area contributed by atoms with Gasteiger partial charge < -0.3 is 20.1 Å². The monoisotopic (exact) mass is 783 g/mol. The van der Waals surface area contributed by atoms with Crippen molar-refractivity contribution in [3.63, 3.8) is 0 Å². The summed E-state index contributed by atoms with van der Waals surface area (Å²) in [6.07, 6.45) is 5.73. The summed E-state index contributed by atoms with van der Waals surface area (Å²) in [6, 6.07) is 10.1. The molecule has 0 aliphatic carbocycles. The van der Waals surface area contributed by atoms with Crippen LogP contribution < -0.4 is 20.3 Å². The topological polar surface area (TPSA) is 158 Å². The highest BCUT2D eigenvalue weighted by Crippen LogP contribution is 2.34. The van der Waals surface area contributed by atoms with Crippen LogP contribution in [0, 0.1) is 5.82 Å². The van der Waals surface area contributed by atoms with Crippen LogP contribution in [0.3, 0.4) is 0 Å². The van der Waals surface area contributed by atoms with Crippen LogP contribution in [0.4, 0.5) is 29.7 Å². The second-order valence-corrected chi connectivity index (χ2v) is 16.2. The zero-order valence-corrected chi connectivity index (χ0v) is 31.4. The number of hydrogen-bond acceptors (Lipinski definition) is 10. The van der Waals surface area contributed by atoms with Crippen LogP contribution in [-0.4, -0.2) is 108 Å². The summed E-state index contributed by atoms with van der Waals surface area (Å²) in [5.74, 6) is 0.162. The number of ether oxygens (including phenoxy) is 1. The number of amides is 3. The third-order valence-corrected chi connectivity index (χ3v) is 11.9.